The number of nitrogens with two attached hydrogens (primary N) is 1. The molecule has 3 aromatic rings. The van der Waals surface area contributed by atoms with Gasteiger partial charge in [-0.2, -0.15) is 5.10 Å². The zero-order valence-corrected chi connectivity index (χ0v) is 18.7. The molecule has 10 nitrogen and oxygen atoms in total. The SMILES string of the molecule is COc1cc(NC(=O)c2cnn3ccc(N4CCC[C@@H](N)C4)nc23)ccc1N1CCOCC1. The molecule has 0 aliphatic carbocycles. The maximum atomic E-state index is 13.1. The lowest BCUT2D eigenvalue weighted by Gasteiger charge is -2.31. The number of anilines is 3. The second-order valence-corrected chi connectivity index (χ2v) is 8.40. The van der Waals surface area contributed by atoms with E-state index < -0.39 is 0 Å². The smallest absolute Gasteiger partial charge is 0.261 e. The number of rotatable bonds is 5. The first-order valence-electron chi connectivity index (χ1n) is 11.3. The Morgan fingerprint density at radius 2 is 2.06 bits per heavy atom. The number of morpholine rings is 1. The lowest BCUT2D eigenvalue weighted by molar-refractivity contribution is 0.102. The molecule has 33 heavy (non-hydrogen) atoms. The van der Waals surface area contributed by atoms with E-state index in [1.54, 1.807) is 17.8 Å². The summed E-state index contributed by atoms with van der Waals surface area (Å²) in [5.74, 6) is 1.24. The quantitative estimate of drug-likeness (QED) is 0.604. The number of ether oxygens (including phenoxy) is 2. The fraction of sp³-hybridized carbons (Fsp3) is 0.435. The third-order valence-corrected chi connectivity index (χ3v) is 6.17. The van der Waals surface area contributed by atoms with Gasteiger partial charge in [0, 0.05) is 50.2 Å². The maximum absolute atomic E-state index is 13.1. The molecular formula is C23H29N7O3. The number of nitrogens with one attached hydrogen (secondary N) is 1. The van der Waals surface area contributed by atoms with Crippen molar-refractivity contribution in [3.8, 4) is 5.75 Å². The number of aromatic nitrogens is 3. The number of piperidine rings is 1. The van der Waals surface area contributed by atoms with E-state index in [1.807, 2.05) is 30.5 Å². The molecule has 1 amide bonds. The molecule has 2 aromatic heterocycles. The van der Waals surface area contributed by atoms with Crippen molar-refractivity contribution in [2.45, 2.75) is 18.9 Å². The molecule has 2 aliphatic rings. The van der Waals surface area contributed by atoms with Gasteiger partial charge in [-0.3, -0.25) is 4.79 Å². The molecule has 2 aliphatic heterocycles. The summed E-state index contributed by atoms with van der Waals surface area (Å²) < 4.78 is 12.6. The normalized spacial score (nSPS) is 19.0. The minimum Gasteiger partial charge on any atom is -0.495 e. The third-order valence-electron chi connectivity index (χ3n) is 6.17. The van der Waals surface area contributed by atoms with Crippen molar-refractivity contribution in [3.05, 3.63) is 42.2 Å². The topological polar surface area (TPSA) is 110 Å². The highest BCUT2D eigenvalue weighted by Gasteiger charge is 2.21. The van der Waals surface area contributed by atoms with E-state index in [9.17, 15) is 4.79 Å². The van der Waals surface area contributed by atoms with Gasteiger partial charge in [0.1, 0.15) is 17.1 Å². The van der Waals surface area contributed by atoms with Gasteiger partial charge in [-0.15, -0.1) is 0 Å². The predicted molar refractivity (Wildman–Crippen MR) is 126 cm³/mol. The van der Waals surface area contributed by atoms with Crippen LogP contribution in [0.2, 0.25) is 0 Å². The van der Waals surface area contributed by atoms with Gasteiger partial charge in [0.25, 0.3) is 5.91 Å². The van der Waals surface area contributed by atoms with Crippen molar-refractivity contribution in [2.75, 3.05) is 61.6 Å². The molecule has 0 unspecified atom stereocenters. The van der Waals surface area contributed by atoms with Gasteiger partial charge in [0.2, 0.25) is 0 Å². The fourth-order valence-electron chi connectivity index (χ4n) is 4.43. The minimum absolute atomic E-state index is 0.139. The Kier molecular flexibility index (Phi) is 6.01. The molecule has 2 fully saturated rings. The Morgan fingerprint density at radius 1 is 1.21 bits per heavy atom. The van der Waals surface area contributed by atoms with Crippen LogP contribution >= 0.6 is 0 Å². The molecule has 4 heterocycles. The zero-order chi connectivity index (χ0) is 22.8. The number of hydrogen-bond donors (Lipinski definition) is 2. The van der Waals surface area contributed by atoms with E-state index in [2.05, 4.69) is 20.2 Å². The van der Waals surface area contributed by atoms with Gasteiger partial charge in [0.05, 0.1) is 32.2 Å². The lowest BCUT2D eigenvalue weighted by Crippen LogP contribution is -2.43. The highest BCUT2D eigenvalue weighted by atomic mass is 16.5. The zero-order valence-electron chi connectivity index (χ0n) is 18.7. The van der Waals surface area contributed by atoms with Crippen LogP contribution in [0.3, 0.4) is 0 Å². The van der Waals surface area contributed by atoms with Crippen molar-refractivity contribution in [1.29, 1.82) is 0 Å². The van der Waals surface area contributed by atoms with Crippen LogP contribution in [-0.4, -0.2) is 73.0 Å². The molecule has 5 rings (SSSR count). The minimum atomic E-state index is -0.272. The molecule has 1 atom stereocenters. The van der Waals surface area contributed by atoms with Gasteiger partial charge in [-0.1, -0.05) is 0 Å². The standard InChI is InChI=1S/C23H29N7O3/c1-32-20-13-17(4-5-19(20)28-9-11-33-12-10-28)26-23(31)18-14-25-30-8-6-21(27-22(18)30)29-7-2-3-16(24)15-29/h4-6,8,13-14,16H,2-3,7,9-12,15,24H2,1H3,(H,26,31)/t16-/m1/s1. The van der Waals surface area contributed by atoms with Crippen LogP contribution in [-0.2, 0) is 4.74 Å². The highest BCUT2D eigenvalue weighted by Crippen LogP contribution is 2.32. The van der Waals surface area contributed by atoms with Gasteiger partial charge in [0.15, 0.2) is 5.65 Å². The summed E-state index contributed by atoms with van der Waals surface area (Å²) >= 11 is 0. The van der Waals surface area contributed by atoms with E-state index in [4.69, 9.17) is 20.2 Å². The van der Waals surface area contributed by atoms with Gasteiger partial charge >= 0.3 is 0 Å². The molecule has 2 saturated heterocycles. The predicted octanol–water partition coefficient (Wildman–Crippen LogP) is 1.75. The van der Waals surface area contributed by atoms with E-state index in [0.29, 0.717) is 35.9 Å². The van der Waals surface area contributed by atoms with Crippen LogP contribution in [0.4, 0.5) is 17.2 Å². The van der Waals surface area contributed by atoms with Gasteiger partial charge in [-0.25, -0.2) is 9.50 Å². The lowest BCUT2D eigenvalue weighted by atomic mass is 10.1. The number of amides is 1. The molecule has 0 spiro atoms. The molecule has 0 bridgehead atoms. The Labute approximate surface area is 192 Å². The summed E-state index contributed by atoms with van der Waals surface area (Å²) in [6, 6.07) is 7.73. The Balaban J connectivity index is 1.37. The monoisotopic (exact) mass is 451 g/mol. The number of benzene rings is 1. The van der Waals surface area contributed by atoms with Crippen molar-refractivity contribution < 1.29 is 14.3 Å². The van der Waals surface area contributed by atoms with E-state index in [0.717, 1.165) is 50.5 Å². The first kappa shape index (κ1) is 21.5. The summed E-state index contributed by atoms with van der Waals surface area (Å²) in [5.41, 5.74) is 8.69. The van der Waals surface area contributed by atoms with Crippen molar-refractivity contribution in [3.63, 3.8) is 0 Å². The molecule has 0 saturated carbocycles. The number of fused-ring (bicyclic) bond motifs is 1. The number of carbonyl (C=O) groups excluding carboxylic acids is 1. The summed E-state index contributed by atoms with van der Waals surface area (Å²) in [6.07, 6.45) is 5.42. The molecular weight excluding hydrogens is 422 g/mol. The Bertz CT molecular complexity index is 1140. The Hall–Kier alpha value is -3.37. The summed E-state index contributed by atoms with van der Waals surface area (Å²) in [7, 11) is 1.63. The van der Waals surface area contributed by atoms with Crippen molar-refractivity contribution in [1.82, 2.24) is 14.6 Å². The fourth-order valence-corrected chi connectivity index (χ4v) is 4.43. The number of methoxy groups -OCH3 is 1. The molecule has 3 N–H and O–H groups in total. The van der Waals surface area contributed by atoms with E-state index in [-0.39, 0.29) is 11.9 Å². The van der Waals surface area contributed by atoms with Gasteiger partial charge < -0.3 is 30.3 Å². The first-order valence-corrected chi connectivity index (χ1v) is 11.3. The number of carbonyl (C=O) groups is 1. The van der Waals surface area contributed by atoms with Crippen molar-refractivity contribution >= 4 is 28.7 Å². The number of hydrogen-bond acceptors (Lipinski definition) is 8. The summed E-state index contributed by atoms with van der Waals surface area (Å²) in [4.78, 5) is 22.2. The Morgan fingerprint density at radius 3 is 2.85 bits per heavy atom. The molecule has 0 radical (unpaired) electrons. The van der Waals surface area contributed by atoms with Crippen LogP contribution < -0.4 is 25.6 Å². The second kappa shape index (κ2) is 9.24. The largest absolute Gasteiger partial charge is 0.495 e. The summed E-state index contributed by atoms with van der Waals surface area (Å²) in [5, 5.41) is 7.26. The van der Waals surface area contributed by atoms with Crippen LogP contribution in [0, 0.1) is 0 Å². The van der Waals surface area contributed by atoms with Crippen molar-refractivity contribution in [2.24, 2.45) is 5.73 Å². The summed E-state index contributed by atoms with van der Waals surface area (Å²) in [6.45, 7) is 4.65. The van der Waals surface area contributed by atoms with Gasteiger partial charge in [-0.05, 0) is 31.0 Å². The highest BCUT2D eigenvalue weighted by molar-refractivity contribution is 6.08. The first-order chi connectivity index (χ1) is 16.1. The average Bonchev–Trinajstić information content (AvgIpc) is 3.28. The average molecular weight is 452 g/mol. The second-order valence-electron chi connectivity index (χ2n) is 8.40. The van der Waals surface area contributed by atoms with Crippen LogP contribution in [0.25, 0.3) is 5.65 Å². The van der Waals surface area contributed by atoms with Crippen LogP contribution in [0.1, 0.15) is 23.2 Å². The molecule has 1 aromatic carbocycles. The van der Waals surface area contributed by atoms with E-state index in [1.165, 1.54) is 0 Å². The van der Waals surface area contributed by atoms with Crippen LogP contribution in [0.5, 0.6) is 5.75 Å². The van der Waals surface area contributed by atoms with E-state index >= 15 is 0 Å². The third kappa shape index (κ3) is 4.44. The van der Waals surface area contributed by atoms with Crippen LogP contribution in [0.15, 0.2) is 36.7 Å². The maximum Gasteiger partial charge on any atom is 0.261 e. The molecule has 10 heteroatoms. The number of nitrogens with zero attached hydrogens (tertiary/aromatic N) is 5. The molecule has 174 valence electrons.